The summed E-state index contributed by atoms with van der Waals surface area (Å²) in [4.78, 5) is 45.1. The number of aryl methyl sites for hydroxylation is 1. The van der Waals surface area contributed by atoms with E-state index in [0.717, 1.165) is 10.9 Å². The van der Waals surface area contributed by atoms with Crippen LogP contribution in [-0.2, 0) is 24.1 Å². The number of nitrogens with zero attached hydrogens (tertiary/aromatic N) is 3. The van der Waals surface area contributed by atoms with Crippen LogP contribution in [0.5, 0.6) is 0 Å². The highest BCUT2D eigenvalue weighted by atomic mass is 19.1. The van der Waals surface area contributed by atoms with E-state index in [1.54, 1.807) is 12.1 Å². The standard InChI is InChI=1S/C33H31FN4O5/c1-2-7-27-29(35-30(10-5-6-11-31(39)40)38(33(27)42)25-15-12-23(34)13-16-25)17-14-24-20-26(43-37-24)19-22-18-21-8-3-4-9-28(21)36-32(22)41/h3-4,7-9,12-13,15-18,20H,2,5-6,10-11,14,19H2,1H3,(H,36,41)(H,39,40)/b27-7+,29-17+. The number of aromatic amines is 1. The number of para-hydroxylation sites is 1. The monoisotopic (exact) mass is 582 g/mol. The molecular formula is C33H31FN4O5. The predicted molar refractivity (Wildman–Crippen MR) is 161 cm³/mol. The molecule has 0 saturated carbocycles. The molecule has 0 saturated heterocycles. The van der Waals surface area contributed by atoms with Gasteiger partial charge in [-0.25, -0.2) is 9.37 Å². The van der Waals surface area contributed by atoms with Crippen molar-refractivity contribution >= 4 is 29.0 Å². The van der Waals surface area contributed by atoms with Crippen LogP contribution in [0.1, 0.15) is 55.4 Å². The summed E-state index contributed by atoms with van der Waals surface area (Å²) in [7, 11) is 0. The SMILES string of the molecule is CC/C=c1/c(=O)n(-c2ccc(F)cc2)c(CCCCC(=O)O)n/c1=C/Cc1cc(Cc2cc3ccccc3[nH]c2=O)on1. The molecule has 3 aromatic heterocycles. The zero-order valence-electron chi connectivity index (χ0n) is 23.7. The lowest BCUT2D eigenvalue weighted by atomic mass is 10.1. The fourth-order valence-corrected chi connectivity index (χ4v) is 4.98. The summed E-state index contributed by atoms with van der Waals surface area (Å²) in [6.07, 6.45) is 6.12. The van der Waals surface area contributed by atoms with Gasteiger partial charge in [-0.3, -0.25) is 19.0 Å². The van der Waals surface area contributed by atoms with Crippen molar-refractivity contribution in [3.8, 4) is 5.69 Å². The van der Waals surface area contributed by atoms with Crippen LogP contribution >= 0.6 is 0 Å². The number of carboxylic acid groups (broad SMARTS) is 1. The summed E-state index contributed by atoms with van der Waals surface area (Å²) >= 11 is 0. The number of benzene rings is 2. The summed E-state index contributed by atoms with van der Waals surface area (Å²) in [6.45, 7) is 1.92. The van der Waals surface area contributed by atoms with E-state index in [0.29, 0.717) is 71.2 Å². The molecule has 0 spiro atoms. The molecular weight excluding hydrogens is 551 g/mol. The van der Waals surface area contributed by atoms with Crippen molar-refractivity contribution < 1.29 is 18.8 Å². The lowest BCUT2D eigenvalue weighted by molar-refractivity contribution is -0.137. The molecule has 0 unspecified atom stereocenters. The fraction of sp³-hybridized carbons (Fsp3) is 0.242. The van der Waals surface area contributed by atoms with Crippen LogP contribution in [0.15, 0.2) is 74.8 Å². The lowest BCUT2D eigenvalue weighted by Crippen LogP contribution is -2.48. The molecule has 220 valence electrons. The first-order valence-corrected chi connectivity index (χ1v) is 14.2. The van der Waals surface area contributed by atoms with Gasteiger partial charge in [0.05, 0.1) is 21.9 Å². The Morgan fingerprint density at radius 1 is 1.07 bits per heavy atom. The van der Waals surface area contributed by atoms with Crippen LogP contribution in [0, 0.1) is 5.82 Å². The number of aliphatic carboxylic acids is 1. The van der Waals surface area contributed by atoms with Crippen molar-refractivity contribution in [2.75, 3.05) is 0 Å². The van der Waals surface area contributed by atoms with Crippen molar-refractivity contribution in [2.45, 2.75) is 51.9 Å². The zero-order chi connectivity index (χ0) is 30.3. The van der Waals surface area contributed by atoms with Crippen molar-refractivity contribution in [1.82, 2.24) is 19.7 Å². The first-order valence-electron chi connectivity index (χ1n) is 14.2. The maximum Gasteiger partial charge on any atom is 0.303 e. The van der Waals surface area contributed by atoms with Gasteiger partial charge in [-0.2, -0.15) is 0 Å². The van der Waals surface area contributed by atoms with Gasteiger partial charge in [-0.05, 0) is 61.0 Å². The largest absolute Gasteiger partial charge is 0.481 e. The number of H-pyrrole nitrogens is 1. The second-order valence-corrected chi connectivity index (χ2v) is 10.2. The highest BCUT2D eigenvalue weighted by Crippen LogP contribution is 2.15. The van der Waals surface area contributed by atoms with E-state index in [1.165, 1.54) is 28.8 Å². The maximum absolute atomic E-state index is 13.8. The smallest absolute Gasteiger partial charge is 0.303 e. The van der Waals surface area contributed by atoms with Crippen LogP contribution in [0.2, 0.25) is 0 Å². The third-order valence-corrected chi connectivity index (χ3v) is 7.06. The summed E-state index contributed by atoms with van der Waals surface area (Å²) in [5.74, 6) is -0.320. The number of pyridine rings is 1. The molecule has 0 fully saturated rings. The third kappa shape index (κ3) is 7.03. The molecule has 5 rings (SSSR count). The topological polar surface area (TPSA) is 131 Å². The number of unbranched alkanes of at least 4 members (excludes halogenated alkanes) is 1. The quantitative estimate of drug-likeness (QED) is 0.227. The Morgan fingerprint density at radius 2 is 1.86 bits per heavy atom. The molecule has 5 aromatic rings. The van der Waals surface area contributed by atoms with E-state index >= 15 is 0 Å². The van der Waals surface area contributed by atoms with E-state index in [9.17, 15) is 18.8 Å². The number of carboxylic acids is 1. The molecule has 0 radical (unpaired) electrons. The first-order chi connectivity index (χ1) is 20.8. The fourth-order valence-electron chi connectivity index (χ4n) is 4.98. The van der Waals surface area contributed by atoms with E-state index in [-0.39, 0.29) is 24.0 Å². The second kappa shape index (κ2) is 13.2. The summed E-state index contributed by atoms with van der Waals surface area (Å²) < 4.78 is 20.7. The number of nitrogens with one attached hydrogen (secondary N) is 1. The average molecular weight is 583 g/mol. The van der Waals surface area contributed by atoms with Gasteiger partial charge >= 0.3 is 5.97 Å². The van der Waals surface area contributed by atoms with Gasteiger partial charge in [0, 0.05) is 42.8 Å². The molecule has 0 bridgehead atoms. The molecule has 3 heterocycles. The average Bonchev–Trinajstić information content (AvgIpc) is 3.44. The predicted octanol–water partition coefficient (Wildman–Crippen LogP) is 3.80. The Bertz CT molecular complexity index is 2010. The van der Waals surface area contributed by atoms with Crippen LogP contribution in [0.25, 0.3) is 28.7 Å². The van der Waals surface area contributed by atoms with Gasteiger partial charge in [-0.15, -0.1) is 0 Å². The molecule has 0 atom stereocenters. The highest BCUT2D eigenvalue weighted by Gasteiger charge is 2.13. The Kier molecular flexibility index (Phi) is 9.05. The Labute approximate surface area is 245 Å². The maximum atomic E-state index is 13.8. The van der Waals surface area contributed by atoms with Crippen LogP contribution < -0.4 is 21.7 Å². The molecule has 2 N–H and O–H groups in total. The lowest BCUT2D eigenvalue weighted by Gasteiger charge is -2.13. The normalized spacial score (nSPS) is 12.3. The Morgan fingerprint density at radius 3 is 2.63 bits per heavy atom. The molecule has 9 nitrogen and oxygen atoms in total. The van der Waals surface area contributed by atoms with Crippen molar-refractivity contribution in [3.05, 3.63) is 121 Å². The summed E-state index contributed by atoms with van der Waals surface area (Å²) in [5, 5.41) is 15.0. The van der Waals surface area contributed by atoms with Gasteiger partial charge < -0.3 is 14.6 Å². The summed E-state index contributed by atoms with van der Waals surface area (Å²) in [6, 6.07) is 16.8. The molecule has 0 aliphatic carbocycles. The first kappa shape index (κ1) is 29.4. The third-order valence-electron chi connectivity index (χ3n) is 7.06. The summed E-state index contributed by atoms with van der Waals surface area (Å²) in [5.41, 5.74) is 1.93. The van der Waals surface area contributed by atoms with E-state index in [4.69, 9.17) is 14.6 Å². The van der Waals surface area contributed by atoms with E-state index in [2.05, 4.69) is 10.1 Å². The molecule has 0 aliphatic rings. The van der Waals surface area contributed by atoms with Gasteiger partial charge in [0.15, 0.2) is 0 Å². The van der Waals surface area contributed by atoms with E-state index in [1.807, 2.05) is 43.3 Å². The minimum Gasteiger partial charge on any atom is -0.481 e. The highest BCUT2D eigenvalue weighted by molar-refractivity contribution is 5.78. The molecule has 43 heavy (non-hydrogen) atoms. The van der Waals surface area contributed by atoms with Crippen LogP contribution in [0.3, 0.4) is 0 Å². The second-order valence-electron chi connectivity index (χ2n) is 10.2. The van der Waals surface area contributed by atoms with Crippen molar-refractivity contribution in [2.24, 2.45) is 0 Å². The zero-order valence-corrected chi connectivity index (χ0v) is 23.7. The van der Waals surface area contributed by atoms with Gasteiger partial charge in [0.1, 0.15) is 17.4 Å². The number of halogens is 1. The molecule has 2 aromatic carbocycles. The van der Waals surface area contributed by atoms with Crippen molar-refractivity contribution in [3.63, 3.8) is 0 Å². The Balaban J connectivity index is 1.47. The van der Waals surface area contributed by atoms with Crippen molar-refractivity contribution in [1.29, 1.82) is 0 Å². The number of fused-ring (bicyclic) bond motifs is 1. The number of aromatic nitrogens is 4. The Hall–Kier alpha value is -5.12. The minimum atomic E-state index is -0.886. The minimum absolute atomic E-state index is 0.0149. The number of hydrogen-bond donors (Lipinski definition) is 2. The van der Waals surface area contributed by atoms with Crippen LogP contribution in [0.4, 0.5) is 4.39 Å². The number of rotatable bonds is 11. The van der Waals surface area contributed by atoms with E-state index < -0.39 is 11.8 Å². The van der Waals surface area contributed by atoms with Crippen LogP contribution in [-0.4, -0.2) is 30.8 Å². The molecule has 0 aliphatic heterocycles. The number of hydrogen-bond acceptors (Lipinski definition) is 6. The number of carbonyl (C=O) groups is 1. The van der Waals surface area contributed by atoms with Gasteiger partial charge in [0.2, 0.25) is 0 Å². The molecule has 0 amide bonds. The molecule has 10 heteroatoms. The van der Waals surface area contributed by atoms with Gasteiger partial charge in [0.25, 0.3) is 11.1 Å². The van der Waals surface area contributed by atoms with Gasteiger partial charge in [-0.1, -0.05) is 42.4 Å².